The first kappa shape index (κ1) is 15.4. The van der Waals surface area contributed by atoms with Crippen molar-refractivity contribution in [3.05, 3.63) is 45.8 Å². The zero-order valence-corrected chi connectivity index (χ0v) is 14.9. The zero-order chi connectivity index (χ0) is 16.8. The molecule has 1 saturated carbocycles. The average molecular weight is 355 g/mol. The molecule has 130 valence electrons. The Hall–Kier alpha value is -1.89. The summed E-state index contributed by atoms with van der Waals surface area (Å²) in [6.45, 7) is 2.57. The highest BCUT2D eigenvalue weighted by atomic mass is 32.2. The summed E-state index contributed by atoms with van der Waals surface area (Å²) < 4.78 is 1.67. The molecular formula is C18H21N5OS. The van der Waals surface area contributed by atoms with Gasteiger partial charge in [0.25, 0.3) is 5.56 Å². The number of rotatable bonds is 4. The van der Waals surface area contributed by atoms with Crippen LogP contribution in [0.25, 0.3) is 0 Å². The molecule has 2 fully saturated rings. The van der Waals surface area contributed by atoms with Gasteiger partial charge in [-0.3, -0.25) is 4.79 Å². The summed E-state index contributed by atoms with van der Waals surface area (Å²) in [6.07, 6.45) is 5.17. The molecular weight excluding hydrogens is 334 g/mol. The van der Waals surface area contributed by atoms with Crippen LogP contribution in [-0.2, 0) is 18.7 Å². The Labute approximate surface area is 150 Å². The van der Waals surface area contributed by atoms with E-state index in [1.54, 1.807) is 17.1 Å². The largest absolute Gasteiger partial charge is 0.356 e. The van der Waals surface area contributed by atoms with Gasteiger partial charge in [0.05, 0.1) is 12.2 Å². The minimum absolute atomic E-state index is 0.0396. The fourth-order valence-electron chi connectivity index (χ4n) is 3.64. The molecule has 25 heavy (non-hydrogen) atoms. The second-order valence-corrected chi connectivity index (χ2v) is 8.39. The fraction of sp³-hybridized carbons (Fsp3) is 0.556. The van der Waals surface area contributed by atoms with Gasteiger partial charge in [-0.15, -0.1) is 0 Å². The number of hydrogen-bond acceptors (Lipinski definition) is 6. The van der Waals surface area contributed by atoms with Crippen molar-refractivity contribution in [1.82, 2.24) is 19.7 Å². The first-order chi connectivity index (χ1) is 12.3. The lowest BCUT2D eigenvalue weighted by Crippen LogP contribution is -2.50. The van der Waals surface area contributed by atoms with Crippen molar-refractivity contribution in [1.29, 1.82) is 0 Å². The van der Waals surface area contributed by atoms with Crippen LogP contribution >= 0.6 is 11.8 Å². The molecule has 3 aliphatic rings. The van der Waals surface area contributed by atoms with E-state index in [1.165, 1.54) is 18.5 Å². The van der Waals surface area contributed by atoms with Crippen molar-refractivity contribution in [3.8, 4) is 0 Å². The van der Waals surface area contributed by atoms with Crippen molar-refractivity contribution >= 4 is 17.6 Å². The van der Waals surface area contributed by atoms with Gasteiger partial charge in [-0.05, 0) is 24.2 Å². The van der Waals surface area contributed by atoms with Crippen LogP contribution in [0.4, 0.5) is 5.82 Å². The van der Waals surface area contributed by atoms with Gasteiger partial charge in [0.15, 0.2) is 0 Å². The van der Waals surface area contributed by atoms with Crippen molar-refractivity contribution in [2.75, 3.05) is 23.7 Å². The maximum atomic E-state index is 12.3. The summed E-state index contributed by atoms with van der Waals surface area (Å²) in [5, 5.41) is 4.62. The molecule has 5 rings (SSSR count). The van der Waals surface area contributed by atoms with Crippen molar-refractivity contribution < 1.29 is 0 Å². The summed E-state index contributed by atoms with van der Waals surface area (Å²) in [4.78, 5) is 23.4. The summed E-state index contributed by atoms with van der Waals surface area (Å²) in [7, 11) is 0. The Morgan fingerprint density at radius 1 is 1.20 bits per heavy atom. The Morgan fingerprint density at radius 2 is 2.08 bits per heavy atom. The van der Waals surface area contributed by atoms with Gasteiger partial charge >= 0.3 is 0 Å². The molecule has 2 aromatic rings. The minimum Gasteiger partial charge on any atom is -0.356 e. The van der Waals surface area contributed by atoms with Crippen molar-refractivity contribution in [2.45, 2.75) is 37.5 Å². The van der Waals surface area contributed by atoms with Gasteiger partial charge in [0.2, 0.25) is 0 Å². The molecule has 0 spiro atoms. The van der Waals surface area contributed by atoms with E-state index in [-0.39, 0.29) is 5.56 Å². The van der Waals surface area contributed by atoms with E-state index in [2.05, 4.69) is 26.0 Å². The number of nitrogens with zero attached hydrogens (tertiary/aromatic N) is 5. The maximum Gasteiger partial charge on any atom is 0.267 e. The molecule has 1 aliphatic carbocycles. The maximum absolute atomic E-state index is 12.3. The Kier molecular flexibility index (Phi) is 3.77. The molecule has 0 amide bonds. The summed E-state index contributed by atoms with van der Waals surface area (Å²) in [5.41, 5.74) is 3.46. The first-order valence-corrected chi connectivity index (χ1v) is 10.2. The van der Waals surface area contributed by atoms with Gasteiger partial charge in [0.1, 0.15) is 12.1 Å². The standard InChI is InChI=1S/C18H21N5OS/c24-18-5-14-10-25-4-3-15(14)21-23(18)9-12-7-22(8-12)17-6-16(13-1-2-13)19-11-20-17/h5-6,11-13H,1-4,7-10H2. The van der Waals surface area contributed by atoms with Crippen molar-refractivity contribution in [2.24, 2.45) is 5.92 Å². The summed E-state index contributed by atoms with van der Waals surface area (Å²) in [6, 6.07) is 3.92. The molecule has 0 aromatic carbocycles. The molecule has 2 aliphatic heterocycles. The lowest BCUT2D eigenvalue weighted by molar-refractivity contribution is 0.331. The molecule has 0 atom stereocenters. The van der Waals surface area contributed by atoms with E-state index in [0.29, 0.717) is 18.4 Å². The van der Waals surface area contributed by atoms with E-state index >= 15 is 0 Å². The highest BCUT2D eigenvalue weighted by molar-refractivity contribution is 7.98. The van der Waals surface area contributed by atoms with Crippen LogP contribution in [0.2, 0.25) is 0 Å². The predicted molar refractivity (Wildman–Crippen MR) is 98.1 cm³/mol. The molecule has 0 unspecified atom stereocenters. The van der Waals surface area contributed by atoms with E-state index in [1.807, 2.05) is 11.8 Å². The van der Waals surface area contributed by atoms with Crippen LogP contribution in [0.15, 0.2) is 23.3 Å². The number of hydrogen-bond donors (Lipinski definition) is 0. The van der Waals surface area contributed by atoms with Crippen LogP contribution in [0.5, 0.6) is 0 Å². The minimum atomic E-state index is 0.0396. The number of aryl methyl sites for hydroxylation is 1. The molecule has 6 nitrogen and oxygen atoms in total. The van der Waals surface area contributed by atoms with Crippen LogP contribution in [0.3, 0.4) is 0 Å². The topological polar surface area (TPSA) is 63.9 Å². The lowest BCUT2D eigenvalue weighted by atomic mass is 10.00. The third-order valence-electron chi connectivity index (χ3n) is 5.29. The quantitative estimate of drug-likeness (QED) is 0.834. The van der Waals surface area contributed by atoms with E-state index in [0.717, 1.165) is 48.1 Å². The number of thioether (sulfide) groups is 1. The highest BCUT2D eigenvalue weighted by Gasteiger charge is 2.31. The molecule has 0 N–H and O–H groups in total. The van der Waals surface area contributed by atoms with Crippen molar-refractivity contribution in [3.63, 3.8) is 0 Å². The van der Waals surface area contributed by atoms with Gasteiger partial charge in [-0.1, -0.05) is 0 Å². The number of aromatic nitrogens is 4. The fourth-order valence-corrected chi connectivity index (χ4v) is 4.59. The number of fused-ring (bicyclic) bond motifs is 1. The second kappa shape index (κ2) is 6.12. The molecule has 7 heteroatoms. The normalized spacial score (nSPS) is 20.2. The lowest BCUT2D eigenvalue weighted by Gasteiger charge is -2.40. The van der Waals surface area contributed by atoms with Gasteiger partial charge in [-0.25, -0.2) is 14.6 Å². The SMILES string of the molecule is O=c1cc2c(nn1CC1CN(c3cc(C4CC4)ncn3)C1)CCSC2. The predicted octanol–water partition coefficient (Wildman–Crippen LogP) is 1.84. The van der Waals surface area contributed by atoms with Crippen LogP contribution in [0, 0.1) is 5.92 Å². The average Bonchev–Trinajstić information content (AvgIpc) is 3.43. The van der Waals surface area contributed by atoms with E-state index < -0.39 is 0 Å². The molecule has 4 heterocycles. The van der Waals surface area contributed by atoms with Gasteiger partial charge in [0, 0.05) is 54.9 Å². The molecule has 0 radical (unpaired) electrons. The monoisotopic (exact) mass is 355 g/mol. The Balaban J connectivity index is 1.25. The highest BCUT2D eigenvalue weighted by Crippen LogP contribution is 2.39. The summed E-state index contributed by atoms with van der Waals surface area (Å²) >= 11 is 1.88. The summed E-state index contributed by atoms with van der Waals surface area (Å²) in [5.74, 6) is 4.16. The van der Waals surface area contributed by atoms with Crippen LogP contribution < -0.4 is 10.5 Å². The first-order valence-electron chi connectivity index (χ1n) is 9.01. The van der Waals surface area contributed by atoms with E-state index in [9.17, 15) is 4.79 Å². The van der Waals surface area contributed by atoms with Gasteiger partial charge < -0.3 is 4.90 Å². The van der Waals surface area contributed by atoms with Crippen LogP contribution in [-0.4, -0.2) is 38.6 Å². The molecule has 2 aromatic heterocycles. The second-order valence-electron chi connectivity index (χ2n) is 7.29. The molecule has 0 bridgehead atoms. The molecule has 1 saturated heterocycles. The third kappa shape index (κ3) is 3.05. The van der Waals surface area contributed by atoms with Crippen LogP contribution in [0.1, 0.15) is 35.7 Å². The number of anilines is 1. The van der Waals surface area contributed by atoms with Gasteiger partial charge in [-0.2, -0.15) is 16.9 Å². The Bertz CT molecular complexity index is 857. The zero-order valence-electron chi connectivity index (χ0n) is 14.1. The smallest absolute Gasteiger partial charge is 0.267 e. The Morgan fingerprint density at radius 3 is 2.92 bits per heavy atom. The third-order valence-corrected chi connectivity index (χ3v) is 6.29. The van der Waals surface area contributed by atoms with E-state index in [4.69, 9.17) is 0 Å².